The lowest BCUT2D eigenvalue weighted by Crippen LogP contribution is -2.06. The van der Waals surface area contributed by atoms with E-state index < -0.39 is 0 Å². The number of aromatic hydroxyl groups is 1. The van der Waals surface area contributed by atoms with E-state index in [0.717, 1.165) is 28.1 Å². The fraction of sp³-hybridized carbons (Fsp3) is 0.188. The van der Waals surface area contributed by atoms with E-state index in [1.54, 1.807) is 12.1 Å². The molecule has 1 aromatic heterocycles. The Morgan fingerprint density at radius 3 is 2.65 bits per heavy atom. The van der Waals surface area contributed by atoms with Gasteiger partial charge >= 0.3 is 0 Å². The summed E-state index contributed by atoms with van der Waals surface area (Å²) in [4.78, 5) is 7.63. The number of aromatic amines is 1. The molecule has 0 saturated heterocycles. The number of nitrogens with one attached hydrogen (secondary N) is 2. The van der Waals surface area contributed by atoms with E-state index in [2.05, 4.69) is 28.3 Å². The van der Waals surface area contributed by atoms with Gasteiger partial charge in [0.1, 0.15) is 11.6 Å². The summed E-state index contributed by atoms with van der Waals surface area (Å²) < 4.78 is 0. The maximum Gasteiger partial charge on any atom is 0.115 e. The number of hydrogen-bond donors (Lipinski definition) is 3. The number of fused-ring (bicyclic) bond motifs is 1. The lowest BCUT2D eigenvalue weighted by Gasteiger charge is -2.15. The number of phenolic OH excluding ortho intramolecular Hbond substituents is 1. The molecule has 3 N–H and O–H groups in total. The van der Waals surface area contributed by atoms with Gasteiger partial charge in [-0.05, 0) is 49.7 Å². The van der Waals surface area contributed by atoms with Crippen LogP contribution < -0.4 is 5.32 Å². The van der Waals surface area contributed by atoms with Crippen LogP contribution in [0.15, 0.2) is 42.5 Å². The Morgan fingerprint density at radius 1 is 1.15 bits per heavy atom. The second-order valence-corrected chi connectivity index (χ2v) is 5.01. The van der Waals surface area contributed by atoms with Crippen molar-refractivity contribution in [2.45, 2.75) is 19.9 Å². The molecule has 0 bridgehead atoms. The number of aryl methyl sites for hydroxylation is 1. The van der Waals surface area contributed by atoms with Crippen LogP contribution in [0.4, 0.5) is 5.69 Å². The number of aromatic nitrogens is 2. The first-order chi connectivity index (χ1) is 9.61. The van der Waals surface area contributed by atoms with Gasteiger partial charge in [0, 0.05) is 11.7 Å². The third-order valence-electron chi connectivity index (χ3n) is 3.38. The average Bonchev–Trinajstić information content (AvgIpc) is 2.78. The number of anilines is 1. The summed E-state index contributed by atoms with van der Waals surface area (Å²) in [6, 6.07) is 13.5. The molecule has 0 amide bonds. The fourth-order valence-corrected chi connectivity index (χ4v) is 2.32. The number of benzene rings is 2. The van der Waals surface area contributed by atoms with Crippen molar-refractivity contribution in [3.8, 4) is 5.75 Å². The number of nitrogens with zero attached hydrogens (tertiary/aromatic N) is 1. The number of phenols is 1. The van der Waals surface area contributed by atoms with E-state index in [0.29, 0.717) is 0 Å². The standard InChI is InChI=1S/C16H17N3O/c1-10(12-3-6-14(20)7-4-12)17-13-5-8-15-16(9-13)19-11(2)18-15/h3-10,17,20H,1-2H3,(H,18,19). The highest BCUT2D eigenvalue weighted by Crippen LogP contribution is 2.23. The van der Waals surface area contributed by atoms with Gasteiger partial charge in [-0.2, -0.15) is 0 Å². The van der Waals surface area contributed by atoms with Gasteiger partial charge in [0.25, 0.3) is 0 Å². The van der Waals surface area contributed by atoms with Crippen molar-refractivity contribution < 1.29 is 5.11 Å². The molecule has 1 atom stereocenters. The Kier molecular flexibility index (Phi) is 3.06. The van der Waals surface area contributed by atoms with Crippen molar-refractivity contribution in [3.05, 3.63) is 53.9 Å². The first kappa shape index (κ1) is 12.5. The van der Waals surface area contributed by atoms with Crippen LogP contribution in [0.3, 0.4) is 0 Å². The van der Waals surface area contributed by atoms with E-state index in [1.807, 2.05) is 31.2 Å². The Labute approximate surface area is 117 Å². The van der Waals surface area contributed by atoms with Crippen molar-refractivity contribution in [2.75, 3.05) is 5.32 Å². The lowest BCUT2D eigenvalue weighted by atomic mass is 10.1. The average molecular weight is 267 g/mol. The molecule has 4 heteroatoms. The molecule has 102 valence electrons. The molecular weight excluding hydrogens is 250 g/mol. The molecule has 3 rings (SSSR count). The van der Waals surface area contributed by atoms with Crippen LogP contribution in [0.1, 0.15) is 24.4 Å². The Bertz CT molecular complexity index is 731. The molecule has 3 aromatic rings. The van der Waals surface area contributed by atoms with Crippen LogP contribution in [0.2, 0.25) is 0 Å². The highest BCUT2D eigenvalue weighted by molar-refractivity contribution is 5.79. The lowest BCUT2D eigenvalue weighted by molar-refractivity contribution is 0.475. The zero-order valence-electron chi connectivity index (χ0n) is 11.5. The fourth-order valence-electron chi connectivity index (χ4n) is 2.32. The highest BCUT2D eigenvalue weighted by Gasteiger charge is 2.06. The van der Waals surface area contributed by atoms with E-state index in [-0.39, 0.29) is 11.8 Å². The molecule has 0 aliphatic carbocycles. The topological polar surface area (TPSA) is 60.9 Å². The zero-order chi connectivity index (χ0) is 14.1. The van der Waals surface area contributed by atoms with Gasteiger partial charge in [-0.15, -0.1) is 0 Å². The van der Waals surface area contributed by atoms with E-state index in [4.69, 9.17) is 0 Å². The third-order valence-corrected chi connectivity index (χ3v) is 3.38. The van der Waals surface area contributed by atoms with Crippen molar-refractivity contribution >= 4 is 16.7 Å². The van der Waals surface area contributed by atoms with Crippen LogP contribution in [-0.2, 0) is 0 Å². The quantitative estimate of drug-likeness (QED) is 0.677. The number of imidazole rings is 1. The van der Waals surface area contributed by atoms with Gasteiger partial charge in [0.2, 0.25) is 0 Å². The molecule has 0 aliphatic rings. The van der Waals surface area contributed by atoms with Crippen LogP contribution in [0.25, 0.3) is 11.0 Å². The second-order valence-electron chi connectivity index (χ2n) is 5.01. The summed E-state index contributed by atoms with van der Waals surface area (Å²) in [6.07, 6.45) is 0. The summed E-state index contributed by atoms with van der Waals surface area (Å²) in [7, 11) is 0. The van der Waals surface area contributed by atoms with E-state index >= 15 is 0 Å². The molecule has 4 nitrogen and oxygen atoms in total. The molecule has 0 aliphatic heterocycles. The maximum absolute atomic E-state index is 9.32. The molecule has 0 fully saturated rings. The molecule has 0 radical (unpaired) electrons. The second kappa shape index (κ2) is 4.89. The van der Waals surface area contributed by atoms with Gasteiger partial charge < -0.3 is 15.4 Å². The monoisotopic (exact) mass is 267 g/mol. The summed E-state index contributed by atoms with van der Waals surface area (Å²) in [5.41, 5.74) is 4.18. The van der Waals surface area contributed by atoms with Crippen LogP contribution in [0.5, 0.6) is 5.75 Å². The SMILES string of the molecule is Cc1nc2ccc(NC(C)c3ccc(O)cc3)cc2[nH]1. The first-order valence-corrected chi connectivity index (χ1v) is 6.63. The van der Waals surface area contributed by atoms with Gasteiger partial charge in [-0.3, -0.25) is 0 Å². The summed E-state index contributed by atoms with van der Waals surface area (Å²) >= 11 is 0. The number of H-pyrrole nitrogens is 1. The predicted molar refractivity (Wildman–Crippen MR) is 81.0 cm³/mol. The first-order valence-electron chi connectivity index (χ1n) is 6.63. The maximum atomic E-state index is 9.32. The number of hydrogen-bond acceptors (Lipinski definition) is 3. The molecule has 2 aromatic carbocycles. The van der Waals surface area contributed by atoms with E-state index in [1.165, 1.54) is 0 Å². The normalized spacial score (nSPS) is 12.5. The summed E-state index contributed by atoms with van der Waals surface area (Å²) in [5, 5.41) is 12.8. The summed E-state index contributed by atoms with van der Waals surface area (Å²) in [5.74, 6) is 1.21. The van der Waals surface area contributed by atoms with Crippen LogP contribution >= 0.6 is 0 Å². The molecule has 20 heavy (non-hydrogen) atoms. The largest absolute Gasteiger partial charge is 0.508 e. The third kappa shape index (κ3) is 2.45. The Hall–Kier alpha value is -2.49. The van der Waals surface area contributed by atoms with Crippen molar-refractivity contribution in [2.24, 2.45) is 0 Å². The molecule has 0 saturated carbocycles. The van der Waals surface area contributed by atoms with Gasteiger partial charge in [0.15, 0.2) is 0 Å². The predicted octanol–water partition coefficient (Wildman–Crippen LogP) is 3.75. The molecule has 0 spiro atoms. The Morgan fingerprint density at radius 2 is 1.90 bits per heavy atom. The van der Waals surface area contributed by atoms with Crippen molar-refractivity contribution in [3.63, 3.8) is 0 Å². The van der Waals surface area contributed by atoms with Crippen molar-refractivity contribution in [1.29, 1.82) is 0 Å². The van der Waals surface area contributed by atoms with Gasteiger partial charge in [-0.25, -0.2) is 4.98 Å². The number of rotatable bonds is 3. The minimum Gasteiger partial charge on any atom is -0.508 e. The molecule has 1 heterocycles. The molecule has 1 unspecified atom stereocenters. The van der Waals surface area contributed by atoms with Crippen LogP contribution in [0, 0.1) is 6.92 Å². The minimum absolute atomic E-state index is 0.164. The van der Waals surface area contributed by atoms with E-state index in [9.17, 15) is 5.11 Å². The van der Waals surface area contributed by atoms with Gasteiger partial charge in [0.05, 0.1) is 11.0 Å². The highest BCUT2D eigenvalue weighted by atomic mass is 16.3. The van der Waals surface area contributed by atoms with Gasteiger partial charge in [-0.1, -0.05) is 12.1 Å². The van der Waals surface area contributed by atoms with Crippen LogP contribution in [-0.4, -0.2) is 15.1 Å². The van der Waals surface area contributed by atoms with Crippen molar-refractivity contribution in [1.82, 2.24) is 9.97 Å². The Balaban J connectivity index is 1.82. The zero-order valence-corrected chi connectivity index (χ0v) is 11.5. The summed E-state index contributed by atoms with van der Waals surface area (Å²) in [6.45, 7) is 4.04. The molecular formula is C16H17N3O. The smallest absolute Gasteiger partial charge is 0.115 e. The minimum atomic E-state index is 0.164.